The molecule has 0 heterocycles. The molecular formula is C56H42BF24FeOPSi+. The van der Waals surface area contributed by atoms with Gasteiger partial charge in [-0.05, 0) is 74.9 Å². The molecule has 0 amide bonds. The van der Waals surface area contributed by atoms with Crippen LogP contribution in [-0.4, -0.2) is 34.2 Å². The van der Waals surface area contributed by atoms with Gasteiger partial charge in [-0.3, -0.25) is 0 Å². The molecule has 1 aliphatic rings. The van der Waals surface area contributed by atoms with Crippen LogP contribution < -0.4 is 32.2 Å². The minimum atomic E-state index is -6.13. The van der Waals surface area contributed by atoms with Crippen molar-refractivity contribution in [3.8, 4) is 0 Å². The molecule has 1 fully saturated rings. The van der Waals surface area contributed by atoms with Crippen molar-refractivity contribution in [2.45, 2.75) is 70.2 Å². The molecule has 0 aliphatic heterocycles. The van der Waals surface area contributed by atoms with Crippen molar-refractivity contribution in [3.05, 3.63) is 217 Å². The van der Waals surface area contributed by atoms with Gasteiger partial charge in [0.05, 0.1) is 44.5 Å². The third-order valence-corrected chi connectivity index (χ3v) is 16.1. The summed E-state index contributed by atoms with van der Waals surface area (Å²) in [5, 5.41) is 2.79. The first-order valence-electron chi connectivity index (χ1n) is 23.9. The van der Waals surface area contributed by atoms with Gasteiger partial charge in [0, 0.05) is 0 Å². The van der Waals surface area contributed by atoms with Crippen molar-refractivity contribution in [2.75, 3.05) is 18.5 Å². The monoisotopic (exact) mass is 1310 g/mol. The molecule has 0 aromatic heterocycles. The Labute approximate surface area is 486 Å². The molecule has 0 atom stereocenters. The topological polar surface area (TPSA) is 19.9 Å². The Kier molecular flexibility index (Phi) is 27.2. The first-order valence-corrected chi connectivity index (χ1v) is 26.8. The third kappa shape index (κ3) is 21.8. The number of hydrogen-bond donors (Lipinski definition) is 0. The van der Waals surface area contributed by atoms with E-state index in [1.54, 1.807) is 0 Å². The van der Waals surface area contributed by atoms with Crippen LogP contribution >= 0.6 is 7.92 Å². The first-order chi connectivity index (χ1) is 38.6. The van der Waals surface area contributed by atoms with Crippen LogP contribution in [0.2, 0.25) is 0 Å². The maximum atomic E-state index is 14.2. The molecule has 459 valence electrons. The van der Waals surface area contributed by atoms with E-state index in [-0.39, 0.29) is 17.1 Å². The van der Waals surface area contributed by atoms with E-state index in [1.165, 1.54) is 28.9 Å². The number of rotatable bonds is 9. The SMILES string of the molecule is CCP(CC)CC.FC(F)(F)c1cc([B-](c2cc(C(F)(F)F)cc(C(F)(F)F)c2)(c2cc(C(F)(F)F)cc(C(F)(F)F)c2)c2cc(C(F)(F)F)cc(C(F)(F)F)c2)cc(C(F)(F)F)c1.[C-]#[O+].[CH]1[CH][CH][CH][CH]1.[Fe+2].c1ccc([Si]c2ccccc2)cc1. The Hall–Kier alpha value is -5.39. The van der Waals surface area contributed by atoms with Crippen LogP contribution in [0.15, 0.2) is 133 Å². The van der Waals surface area contributed by atoms with Crippen molar-refractivity contribution in [1.29, 1.82) is 0 Å². The third-order valence-electron chi connectivity index (χ3n) is 12.2. The van der Waals surface area contributed by atoms with E-state index >= 15 is 0 Å². The average molecular weight is 1310 g/mol. The second-order valence-corrected chi connectivity index (χ2v) is 22.3. The Morgan fingerprint density at radius 1 is 0.318 bits per heavy atom. The second-order valence-electron chi connectivity index (χ2n) is 17.7. The summed E-state index contributed by atoms with van der Waals surface area (Å²) < 4.78 is 348. The van der Waals surface area contributed by atoms with E-state index in [1.807, 2.05) is 32.1 Å². The molecule has 0 spiro atoms. The summed E-state index contributed by atoms with van der Waals surface area (Å²) in [5.41, 5.74) is -30.2. The second kappa shape index (κ2) is 30.5. The number of hydrogen-bond acceptors (Lipinski definition) is 0. The summed E-state index contributed by atoms with van der Waals surface area (Å²) in [6, 6.07) is 12.3. The van der Waals surface area contributed by atoms with Crippen LogP contribution in [0.3, 0.4) is 0 Å². The maximum Gasteiger partial charge on any atom is 2.00 e. The van der Waals surface area contributed by atoms with Crippen molar-refractivity contribution < 1.29 is 127 Å². The average Bonchev–Trinajstić information content (AvgIpc) is 1.66. The molecule has 1 aliphatic carbocycles. The Balaban J connectivity index is 0.000000713. The summed E-state index contributed by atoms with van der Waals surface area (Å²) in [7, 11) is 1.22. The molecule has 0 unspecified atom stereocenters. The van der Waals surface area contributed by atoms with Crippen LogP contribution in [0.5, 0.6) is 0 Å². The Morgan fingerprint density at radius 2 is 0.482 bits per heavy atom. The summed E-state index contributed by atoms with van der Waals surface area (Å²) in [6.07, 6.45) is -40.5. The quantitative estimate of drug-likeness (QED) is 0.0452. The van der Waals surface area contributed by atoms with Crippen LogP contribution in [0.4, 0.5) is 105 Å². The molecule has 0 bridgehead atoms. The summed E-state index contributed by atoms with van der Waals surface area (Å²) in [6.45, 7) is 11.4. The first kappa shape index (κ1) is 75.7. The number of alkyl halides is 24. The molecule has 7 rings (SSSR count). The number of benzene rings is 6. The Bertz CT molecular complexity index is 2560. The fourth-order valence-corrected chi connectivity index (χ4v) is 10.7. The van der Waals surface area contributed by atoms with Gasteiger partial charge in [0.25, 0.3) is 0 Å². The van der Waals surface area contributed by atoms with Crippen molar-refractivity contribution in [3.63, 3.8) is 0 Å². The van der Waals surface area contributed by atoms with Gasteiger partial charge in [0.2, 0.25) is 0 Å². The molecule has 0 N–H and O–H groups in total. The van der Waals surface area contributed by atoms with Crippen molar-refractivity contribution >= 4 is 55.8 Å². The van der Waals surface area contributed by atoms with E-state index in [0.717, 1.165) is 9.52 Å². The van der Waals surface area contributed by atoms with Gasteiger partial charge in [0.1, 0.15) is 15.7 Å². The van der Waals surface area contributed by atoms with E-state index < -0.39 is 195 Å². The van der Waals surface area contributed by atoms with Gasteiger partial charge < -0.3 is 0 Å². The molecule has 0 saturated heterocycles. The fraction of sp³-hybridized carbons (Fsp3) is 0.250. The van der Waals surface area contributed by atoms with E-state index in [0.29, 0.717) is 7.92 Å². The normalized spacial score (nSPS) is 13.4. The van der Waals surface area contributed by atoms with Gasteiger partial charge in [-0.2, -0.15) is 127 Å². The van der Waals surface area contributed by atoms with Crippen LogP contribution in [-0.2, 0) is 71.1 Å². The minimum absolute atomic E-state index is 0. The summed E-state index contributed by atoms with van der Waals surface area (Å²) >= 11 is 0. The zero-order valence-electron chi connectivity index (χ0n) is 43.6. The predicted molar refractivity (Wildman–Crippen MR) is 272 cm³/mol. The smallest absolute Gasteiger partial charge is 0.0631 e. The van der Waals surface area contributed by atoms with Gasteiger partial charge in [-0.1, -0.05) is 140 Å². The minimum Gasteiger partial charge on any atom is -0.0631 e. The van der Waals surface area contributed by atoms with Crippen LogP contribution in [0.1, 0.15) is 65.3 Å². The summed E-state index contributed by atoms with van der Waals surface area (Å²) in [4.78, 5) is 0. The fourth-order valence-electron chi connectivity index (χ4n) is 8.27. The van der Waals surface area contributed by atoms with E-state index in [2.05, 4.69) is 88.1 Å². The van der Waals surface area contributed by atoms with Gasteiger partial charge in [-0.15, -0.1) is 7.92 Å². The zero-order chi connectivity index (χ0) is 64.1. The predicted octanol–water partition coefficient (Wildman–Crippen LogP) is 16.1. The molecule has 6 aromatic rings. The van der Waals surface area contributed by atoms with E-state index in [4.69, 9.17) is 4.65 Å². The van der Waals surface area contributed by atoms with Gasteiger partial charge in [-0.25, -0.2) is 0 Å². The van der Waals surface area contributed by atoms with Gasteiger partial charge >= 0.3 is 77.8 Å². The molecule has 6 aromatic carbocycles. The summed E-state index contributed by atoms with van der Waals surface area (Å²) in [5.74, 6) is 0. The standard InChI is InChI=1S/C32H12BF24.C12H10Si.C6H15P.C5H5.CO.Fe/c34-25(35,36)13-1-14(26(37,38)39)6-21(5-13)33(22-7-15(27(40,41)42)2-16(8-22)28(43,44)45,23-9-17(29(46,47)48)3-18(10-23)30(49,50)51)24-11-19(31(52,53)54)4-20(12-24)32(55,56)57;1-3-7-11(8-4-1)13-12-9-5-2-6-10-12;1-4-7(5-2)6-3;1-2-4-5-3-1;1-2;/h1-12H;1-10H;4-6H2,1-3H3;1-5H;;/q-1;;;;;+2. The molecule has 29 heteroatoms. The van der Waals surface area contributed by atoms with Crippen LogP contribution in [0.25, 0.3) is 0 Å². The number of halogens is 24. The molecular weight excluding hydrogens is 1270 g/mol. The van der Waals surface area contributed by atoms with Crippen molar-refractivity contribution in [2.24, 2.45) is 0 Å². The molecule has 85 heavy (non-hydrogen) atoms. The maximum absolute atomic E-state index is 14.2. The largest absolute Gasteiger partial charge is 2.00 e. The zero-order valence-corrected chi connectivity index (χ0v) is 46.6. The van der Waals surface area contributed by atoms with Crippen molar-refractivity contribution in [1.82, 2.24) is 0 Å². The Morgan fingerprint density at radius 3 is 0.612 bits per heavy atom. The molecule has 7 radical (unpaired) electrons. The van der Waals surface area contributed by atoms with Gasteiger partial charge in [0.15, 0.2) is 0 Å². The van der Waals surface area contributed by atoms with Crippen LogP contribution in [0, 0.1) is 38.8 Å². The molecule has 1 nitrogen and oxygen atoms in total. The molecule has 1 saturated carbocycles. The van der Waals surface area contributed by atoms with E-state index in [9.17, 15) is 105 Å².